The van der Waals surface area contributed by atoms with Gasteiger partial charge in [0.15, 0.2) is 5.03 Å². The molecule has 2 N–H and O–H groups in total. The lowest BCUT2D eigenvalue weighted by Crippen LogP contribution is -2.42. The van der Waals surface area contributed by atoms with Gasteiger partial charge in [0.25, 0.3) is 10.0 Å². The number of sulfonamides is 1. The topological polar surface area (TPSA) is 78.1 Å². The smallest absolute Gasteiger partial charge is 0.260 e. The molecule has 2 aliphatic rings. The monoisotopic (exact) mass is 284 g/mol. The molecule has 7 heteroatoms. The summed E-state index contributed by atoms with van der Waals surface area (Å²) in [7, 11) is -3.41. The Morgan fingerprint density at radius 1 is 1.37 bits per heavy atom. The molecule has 1 aliphatic heterocycles. The molecule has 1 aliphatic carbocycles. The number of rotatable bonds is 5. The Morgan fingerprint density at radius 3 is 2.79 bits per heavy atom. The fraction of sp³-hybridized carbons (Fsp3) is 0.750. The van der Waals surface area contributed by atoms with Crippen molar-refractivity contribution in [3.05, 3.63) is 12.3 Å². The van der Waals surface area contributed by atoms with Gasteiger partial charge in [0.2, 0.25) is 0 Å². The summed E-state index contributed by atoms with van der Waals surface area (Å²) in [5.74, 6) is 0.423. The normalized spacial score (nSPS) is 24.8. The van der Waals surface area contributed by atoms with Crippen LogP contribution in [0, 0.1) is 5.92 Å². The van der Waals surface area contributed by atoms with E-state index in [4.69, 9.17) is 0 Å². The Balaban J connectivity index is 1.77. The van der Waals surface area contributed by atoms with E-state index in [1.165, 1.54) is 12.3 Å². The summed E-state index contributed by atoms with van der Waals surface area (Å²) < 4.78 is 26.8. The van der Waals surface area contributed by atoms with Gasteiger partial charge in [0.1, 0.15) is 0 Å². The molecule has 1 unspecified atom stereocenters. The minimum Gasteiger partial charge on any atom is -0.316 e. The highest BCUT2D eigenvalue weighted by atomic mass is 32.2. The van der Waals surface area contributed by atoms with Crippen LogP contribution >= 0.6 is 0 Å². The second kappa shape index (κ2) is 5.22. The zero-order valence-corrected chi connectivity index (χ0v) is 11.7. The van der Waals surface area contributed by atoms with Gasteiger partial charge in [0, 0.05) is 12.6 Å². The van der Waals surface area contributed by atoms with Gasteiger partial charge < -0.3 is 5.32 Å². The van der Waals surface area contributed by atoms with Gasteiger partial charge >= 0.3 is 0 Å². The molecule has 19 heavy (non-hydrogen) atoms. The van der Waals surface area contributed by atoms with Crippen molar-refractivity contribution in [1.82, 2.24) is 19.8 Å². The van der Waals surface area contributed by atoms with E-state index in [0.29, 0.717) is 12.5 Å². The number of hydrogen-bond acceptors (Lipinski definition) is 4. The highest BCUT2D eigenvalue weighted by Crippen LogP contribution is 2.32. The predicted molar refractivity (Wildman–Crippen MR) is 71.1 cm³/mol. The van der Waals surface area contributed by atoms with Gasteiger partial charge in [0.05, 0.1) is 6.20 Å². The largest absolute Gasteiger partial charge is 0.316 e. The van der Waals surface area contributed by atoms with Gasteiger partial charge in [-0.05, 0) is 50.8 Å². The third-order valence-electron chi connectivity index (χ3n) is 3.85. The molecular formula is C12H20N4O2S. The molecule has 3 rings (SSSR count). The van der Waals surface area contributed by atoms with Crippen LogP contribution in [0.2, 0.25) is 0 Å². The summed E-state index contributed by atoms with van der Waals surface area (Å²) in [6.07, 6.45) is 5.68. The summed E-state index contributed by atoms with van der Waals surface area (Å²) in [6.45, 7) is 2.59. The Bertz CT molecular complexity index is 504. The van der Waals surface area contributed by atoms with Crippen molar-refractivity contribution in [2.45, 2.75) is 36.8 Å². The molecule has 2 heterocycles. The summed E-state index contributed by atoms with van der Waals surface area (Å²) >= 11 is 0. The highest BCUT2D eigenvalue weighted by Gasteiger charge is 2.39. The molecule has 0 radical (unpaired) electrons. The SMILES string of the molecule is O=S(=O)(c1ccn[nH]1)N(CC1CCCNC1)C1CC1. The van der Waals surface area contributed by atoms with Crippen molar-refractivity contribution in [3.8, 4) is 0 Å². The molecule has 1 aromatic heterocycles. The molecule has 0 aromatic carbocycles. The summed E-state index contributed by atoms with van der Waals surface area (Å²) in [5.41, 5.74) is 0. The second-order valence-corrected chi connectivity index (χ2v) is 7.30. The first-order valence-electron chi connectivity index (χ1n) is 6.90. The van der Waals surface area contributed by atoms with Crippen LogP contribution in [0.15, 0.2) is 17.3 Å². The van der Waals surface area contributed by atoms with Gasteiger partial charge in [-0.2, -0.15) is 9.40 Å². The third-order valence-corrected chi connectivity index (χ3v) is 5.70. The molecule has 0 amide bonds. The van der Waals surface area contributed by atoms with Crippen molar-refractivity contribution < 1.29 is 8.42 Å². The molecule has 6 nitrogen and oxygen atoms in total. The molecule has 106 valence electrons. The summed E-state index contributed by atoms with van der Waals surface area (Å²) in [4.78, 5) is 0. The van der Waals surface area contributed by atoms with Crippen LogP contribution in [0.4, 0.5) is 0 Å². The summed E-state index contributed by atoms with van der Waals surface area (Å²) in [5, 5.41) is 9.89. The van der Waals surface area contributed by atoms with E-state index in [-0.39, 0.29) is 11.1 Å². The lowest BCUT2D eigenvalue weighted by molar-refractivity contribution is 0.286. The standard InChI is InChI=1S/C12H20N4O2S/c17-19(18,12-5-7-14-15-12)16(11-3-4-11)9-10-2-1-6-13-8-10/h5,7,10-11,13H,1-4,6,8-9H2,(H,14,15). The van der Waals surface area contributed by atoms with Crippen molar-refractivity contribution in [1.29, 1.82) is 0 Å². The lowest BCUT2D eigenvalue weighted by atomic mass is 10.00. The van der Waals surface area contributed by atoms with Crippen LogP contribution in [0.5, 0.6) is 0 Å². The van der Waals surface area contributed by atoms with Crippen molar-refractivity contribution in [2.75, 3.05) is 19.6 Å². The molecule has 1 saturated heterocycles. The Morgan fingerprint density at radius 2 is 2.21 bits per heavy atom. The Labute approximate surface area is 113 Å². The second-order valence-electron chi connectivity index (χ2n) is 5.44. The predicted octanol–water partition coefficient (Wildman–Crippen LogP) is 0.562. The van der Waals surface area contributed by atoms with E-state index < -0.39 is 10.0 Å². The van der Waals surface area contributed by atoms with Gasteiger partial charge in [-0.25, -0.2) is 8.42 Å². The molecule has 1 atom stereocenters. The van der Waals surface area contributed by atoms with E-state index in [0.717, 1.165) is 38.8 Å². The zero-order chi connectivity index (χ0) is 13.3. The molecule has 1 aromatic rings. The van der Waals surface area contributed by atoms with Crippen molar-refractivity contribution in [3.63, 3.8) is 0 Å². The first-order chi connectivity index (χ1) is 9.18. The number of H-pyrrole nitrogens is 1. The maximum absolute atomic E-state index is 12.6. The van der Waals surface area contributed by atoms with E-state index in [1.807, 2.05) is 0 Å². The molecule has 0 spiro atoms. The molecular weight excluding hydrogens is 264 g/mol. The van der Waals surface area contributed by atoms with Crippen molar-refractivity contribution in [2.24, 2.45) is 5.92 Å². The number of nitrogens with one attached hydrogen (secondary N) is 2. The maximum atomic E-state index is 12.6. The average molecular weight is 284 g/mol. The summed E-state index contributed by atoms with van der Waals surface area (Å²) in [6, 6.07) is 1.72. The molecule has 1 saturated carbocycles. The number of hydrogen-bond donors (Lipinski definition) is 2. The van der Waals surface area contributed by atoms with Gasteiger partial charge in [-0.15, -0.1) is 0 Å². The van der Waals surface area contributed by atoms with Gasteiger partial charge in [-0.1, -0.05) is 0 Å². The third kappa shape index (κ3) is 2.82. The molecule has 2 fully saturated rings. The average Bonchev–Trinajstić information content (AvgIpc) is 3.09. The van der Waals surface area contributed by atoms with E-state index in [9.17, 15) is 8.42 Å². The van der Waals surface area contributed by atoms with Crippen LogP contribution < -0.4 is 5.32 Å². The van der Waals surface area contributed by atoms with Crippen LogP contribution in [0.1, 0.15) is 25.7 Å². The van der Waals surface area contributed by atoms with Crippen LogP contribution in [0.3, 0.4) is 0 Å². The number of aromatic amines is 1. The van der Waals surface area contributed by atoms with Crippen molar-refractivity contribution >= 4 is 10.0 Å². The number of aromatic nitrogens is 2. The fourth-order valence-corrected chi connectivity index (χ4v) is 4.32. The number of piperidine rings is 1. The van der Waals surface area contributed by atoms with Crippen LogP contribution in [-0.2, 0) is 10.0 Å². The first kappa shape index (κ1) is 13.1. The Kier molecular flexibility index (Phi) is 3.60. The number of nitrogens with zero attached hydrogens (tertiary/aromatic N) is 2. The highest BCUT2D eigenvalue weighted by molar-refractivity contribution is 7.89. The lowest BCUT2D eigenvalue weighted by Gasteiger charge is -2.29. The van der Waals surface area contributed by atoms with E-state index >= 15 is 0 Å². The van der Waals surface area contributed by atoms with Crippen LogP contribution in [0.25, 0.3) is 0 Å². The quantitative estimate of drug-likeness (QED) is 0.828. The minimum absolute atomic E-state index is 0.190. The van der Waals surface area contributed by atoms with E-state index in [1.54, 1.807) is 4.31 Å². The van der Waals surface area contributed by atoms with Gasteiger partial charge in [-0.3, -0.25) is 5.10 Å². The van der Waals surface area contributed by atoms with E-state index in [2.05, 4.69) is 15.5 Å². The fourth-order valence-electron chi connectivity index (χ4n) is 2.65. The van der Waals surface area contributed by atoms with Crippen LogP contribution in [-0.4, -0.2) is 48.6 Å². The maximum Gasteiger partial charge on any atom is 0.260 e. The Hall–Kier alpha value is -0.920. The molecule has 0 bridgehead atoms. The minimum atomic E-state index is -3.41. The first-order valence-corrected chi connectivity index (χ1v) is 8.34. The zero-order valence-electron chi connectivity index (χ0n) is 10.9.